The van der Waals surface area contributed by atoms with Gasteiger partial charge < -0.3 is 0 Å². The summed E-state index contributed by atoms with van der Waals surface area (Å²) in [5.74, 6) is 0. The van der Waals surface area contributed by atoms with E-state index in [0.29, 0.717) is 0 Å². The number of aryl methyl sites for hydroxylation is 2. The number of benzene rings is 4. The Labute approximate surface area is 161 Å². The predicted octanol–water partition coefficient (Wildman–Crippen LogP) is 6.67. The van der Waals surface area contributed by atoms with E-state index in [-0.39, 0.29) is 5.41 Å². The lowest BCUT2D eigenvalue weighted by atomic mass is 9.67. The first kappa shape index (κ1) is 16.1. The van der Waals surface area contributed by atoms with Crippen LogP contribution in [0.25, 0.3) is 11.1 Å². The molecule has 0 nitrogen and oxygen atoms in total. The van der Waals surface area contributed by atoms with Gasteiger partial charge in [-0.3, -0.25) is 0 Å². The highest BCUT2D eigenvalue weighted by atomic mass is 14.5. The van der Waals surface area contributed by atoms with Crippen LogP contribution in [-0.4, -0.2) is 0 Å². The smallest absolute Gasteiger partial charge is 0.0622 e. The lowest BCUT2D eigenvalue weighted by Gasteiger charge is -2.34. The van der Waals surface area contributed by atoms with Crippen molar-refractivity contribution in [1.29, 1.82) is 0 Å². The van der Waals surface area contributed by atoms with Crippen LogP contribution in [-0.2, 0) is 5.41 Å². The van der Waals surface area contributed by atoms with Crippen LogP contribution < -0.4 is 0 Å². The van der Waals surface area contributed by atoms with Gasteiger partial charge in [0.2, 0.25) is 0 Å². The van der Waals surface area contributed by atoms with Gasteiger partial charge in [0, 0.05) is 0 Å². The first-order chi connectivity index (χ1) is 13.2. The second-order valence-corrected chi connectivity index (χ2v) is 7.51. The molecule has 0 saturated carbocycles. The molecular weight excluding hydrogens is 324 g/mol. The molecule has 0 saturated heterocycles. The quantitative estimate of drug-likeness (QED) is 0.335. The minimum Gasteiger partial charge on any atom is -0.0622 e. The average Bonchev–Trinajstić information content (AvgIpc) is 3.02. The van der Waals surface area contributed by atoms with Crippen molar-refractivity contribution in [3.05, 3.63) is 130 Å². The molecule has 0 unspecified atom stereocenters. The zero-order valence-corrected chi connectivity index (χ0v) is 15.7. The van der Waals surface area contributed by atoms with Gasteiger partial charge >= 0.3 is 0 Å². The van der Waals surface area contributed by atoms with Crippen molar-refractivity contribution in [2.24, 2.45) is 0 Å². The maximum Gasteiger partial charge on any atom is 0.0713 e. The van der Waals surface area contributed by atoms with Crippen molar-refractivity contribution in [3.63, 3.8) is 0 Å². The van der Waals surface area contributed by atoms with Crippen molar-refractivity contribution in [1.82, 2.24) is 0 Å². The van der Waals surface area contributed by atoms with Gasteiger partial charge in [-0.1, -0.05) is 97.1 Å². The summed E-state index contributed by atoms with van der Waals surface area (Å²) in [5, 5.41) is 0. The molecule has 0 fully saturated rings. The second kappa shape index (κ2) is 5.96. The highest BCUT2D eigenvalue weighted by Gasteiger charge is 2.45. The molecule has 0 spiro atoms. The van der Waals surface area contributed by atoms with Crippen molar-refractivity contribution < 1.29 is 0 Å². The Morgan fingerprint density at radius 1 is 0.481 bits per heavy atom. The van der Waals surface area contributed by atoms with E-state index in [0.717, 1.165) is 0 Å². The van der Waals surface area contributed by atoms with E-state index < -0.39 is 0 Å². The summed E-state index contributed by atoms with van der Waals surface area (Å²) in [4.78, 5) is 0. The highest BCUT2D eigenvalue weighted by molar-refractivity contribution is 5.86. The third-order valence-electron chi connectivity index (χ3n) is 6.10. The van der Waals surface area contributed by atoms with Crippen molar-refractivity contribution in [2.75, 3.05) is 0 Å². The molecule has 5 rings (SSSR count). The molecule has 0 aliphatic heterocycles. The third kappa shape index (κ3) is 2.16. The summed E-state index contributed by atoms with van der Waals surface area (Å²) < 4.78 is 0. The highest BCUT2D eigenvalue weighted by Crippen LogP contribution is 2.55. The van der Waals surface area contributed by atoms with Gasteiger partial charge in [0.1, 0.15) is 0 Å². The van der Waals surface area contributed by atoms with E-state index in [9.17, 15) is 0 Å². The molecule has 0 radical (unpaired) electrons. The number of hydrogen-bond acceptors (Lipinski definition) is 0. The zero-order valence-electron chi connectivity index (χ0n) is 15.7. The maximum atomic E-state index is 2.38. The van der Waals surface area contributed by atoms with Crippen LogP contribution in [0.4, 0.5) is 0 Å². The summed E-state index contributed by atoms with van der Waals surface area (Å²) in [7, 11) is 0. The molecule has 27 heavy (non-hydrogen) atoms. The number of hydrogen-bond donors (Lipinski definition) is 0. The first-order valence-corrected chi connectivity index (χ1v) is 9.55. The minimum atomic E-state index is -0.271. The number of rotatable bonds is 2. The summed E-state index contributed by atoms with van der Waals surface area (Å²) in [6, 6.07) is 35.7. The molecule has 1 aliphatic carbocycles. The molecule has 0 aromatic heterocycles. The summed E-state index contributed by atoms with van der Waals surface area (Å²) in [6.45, 7) is 4.40. The molecule has 0 atom stereocenters. The van der Waals surface area contributed by atoms with Gasteiger partial charge in [0.25, 0.3) is 0 Å². The van der Waals surface area contributed by atoms with E-state index >= 15 is 0 Å². The van der Waals surface area contributed by atoms with Crippen LogP contribution in [0.2, 0.25) is 0 Å². The van der Waals surface area contributed by atoms with Gasteiger partial charge in [0.15, 0.2) is 0 Å². The van der Waals surface area contributed by atoms with E-state index in [2.05, 4.69) is 111 Å². The molecule has 0 amide bonds. The normalized spacial score (nSPS) is 13.9. The van der Waals surface area contributed by atoms with Gasteiger partial charge in [-0.25, -0.2) is 0 Å². The molecular formula is C27H22. The molecule has 0 heterocycles. The van der Waals surface area contributed by atoms with Crippen LogP contribution in [0, 0.1) is 13.8 Å². The Kier molecular flexibility index (Phi) is 3.55. The lowest BCUT2D eigenvalue weighted by Crippen LogP contribution is -2.28. The summed E-state index contributed by atoms with van der Waals surface area (Å²) in [6.07, 6.45) is 0. The Morgan fingerprint density at radius 2 is 1.04 bits per heavy atom. The topological polar surface area (TPSA) is 0 Å². The monoisotopic (exact) mass is 346 g/mol. The molecule has 0 heteroatoms. The van der Waals surface area contributed by atoms with Gasteiger partial charge in [-0.15, -0.1) is 0 Å². The van der Waals surface area contributed by atoms with E-state index in [1.54, 1.807) is 0 Å². The molecule has 4 aromatic rings. The Hall–Kier alpha value is -3.12. The third-order valence-corrected chi connectivity index (χ3v) is 6.10. The SMILES string of the molecule is Cc1ccc(C2(c3ccccc3)c3ccccc3-c3ccccc32)cc1C. The minimum absolute atomic E-state index is 0.271. The average molecular weight is 346 g/mol. The van der Waals surface area contributed by atoms with Crippen molar-refractivity contribution in [2.45, 2.75) is 19.3 Å². The molecule has 0 bridgehead atoms. The first-order valence-electron chi connectivity index (χ1n) is 9.55. The Bertz CT molecular complexity index is 1090. The number of fused-ring (bicyclic) bond motifs is 3. The fraction of sp³-hybridized carbons (Fsp3) is 0.111. The lowest BCUT2D eigenvalue weighted by molar-refractivity contribution is 0.766. The fourth-order valence-corrected chi connectivity index (χ4v) is 4.69. The van der Waals surface area contributed by atoms with Crippen molar-refractivity contribution in [3.8, 4) is 11.1 Å². The van der Waals surface area contributed by atoms with E-state index in [1.807, 2.05) is 0 Å². The van der Waals surface area contributed by atoms with Gasteiger partial charge in [-0.05, 0) is 58.4 Å². The van der Waals surface area contributed by atoms with Crippen LogP contribution in [0.5, 0.6) is 0 Å². The van der Waals surface area contributed by atoms with E-state index in [1.165, 1.54) is 44.5 Å². The molecule has 0 N–H and O–H groups in total. The fourth-order valence-electron chi connectivity index (χ4n) is 4.69. The Balaban J connectivity index is 1.97. The van der Waals surface area contributed by atoms with E-state index in [4.69, 9.17) is 0 Å². The van der Waals surface area contributed by atoms with Gasteiger partial charge in [-0.2, -0.15) is 0 Å². The van der Waals surface area contributed by atoms with Crippen LogP contribution >= 0.6 is 0 Å². The molecule has 1 aliphatic rings. The summed E-state index contributed by atoms with van der Waals surface area (Å²) in [5.41, 5.74) is 10.5. The van der Waals surface area contributed by atoms with Gasteiger partial charge in [0.05, 0.1) is 5.41 Å². The second-order valence-electron chi connectivity index (χ2n) is 7.51. The molecule has 130 valence electrons. The van der Waals surface area contributed by atoms with Crippen molar-refractivity contribution >= 4 is 0 Å². The predicted molar refractivity (Wildman–Crippen MR) is 113 cm³/mol. The zero-order chi connectivity index (χ0) is 18.4. The standard InChI is InChI=1S/C27H22/c1-19-16-17-22(18-20(19)2)27(21-10-4-3-5-11-21)25-14-8-6-12-23(25)24-13-7-9-15-26(24)27/h3-18H,1-2H3. The largest absolute Gasteiger partial charge is 0.0713 e. The summed E-state index contributed by atoms with van der Waals surface area (Å²) >= 11 is 0. The molecule has 4 aromatic carbocycles. The van der Waals surface area contributed by atoms with Crippen LogP contribution in [0.15, 0.2) is 97.1 Å². The Morgan fingerprint density at radius 3 is 1.63 bits per heavy atom. The maximum absolute atomic E-state index is 2.38. The van der Waals surface area contributed by atoms with Crippen LogP contribution in [0.1, 0.15) is 33.4 Å². The van der Waals surface area contributed by atoms with Crippen LogP contribution in [0.3, 0.4) is 0 Å².